The van der Waals surface area contributed by atoms with E-state index in [-0.39, 0.29) is 31.1 Å². The SMILES string of the molecule is O=C(O)CCCCCC(=O)NCc1ccc([C@@H]2O[C@H](CN3CCC[C@H]3CN3CCCC3)C[C@H](c3ccc(CO)cc3)O2)cc1. The quantitative estimate of drug-likeness (QED) is 0.244. The first kappa shape index (κ1) is 32.6. The second-order valence-corrected chi connectivity index (χ2v) is 12.6. The first-order valence-corrected chi connectivity index (χ1v) is 16.5. The van der Waals surface area contributed by atoms with Crippen LogP contribution in [0.2, 0.25) is 0 Å². The van der Waals surface area contributed by atoms with Crippen molar-refractivity contribution in [2.75, 3.05) is 32.7 Å². The molecule has 3 saturated heterocycles. The summed E-state index contributed by atoms with van der Waals surface area (Å²) < 4.78 is 13.2. The van der Waals surface area contributed by atoms with Crippen LogP contribution in [-0.4, -0.2) is 76.8 Å². The molecule has 0 aliphatic carbocycles. The summed E-state index contributed by atoms with van der Waals surface area (Å²) in [7, 11) is 0. The highest BCUT2D eigenvalue weighted by atomic mass is 16.7. The van der Waals surface area contributed by atoms with E-state index in [1.807, 2.05) is 36.4 Å². The molecule has 0 saturated carbocycles. The Kier molecular flexibility index (Phi) is 12.2. The van der Waals surface area contributed by atoms with E-state index in [0.717, 1.165) is 54.7 Å². The van der Waals surface area contributed by atoms with E-state index in [1.54, 1.807) is 0 Å². The maximum Gasteiger partial charge on any atom is 0.303 e. The van der Waals surface area contributed by atoms with Gasteiger partial charge in [-0.1, -0.05) is 55.0 Å². The fraction of sp³-hybridized carbons (Fsp3) is 0.600. The van der Waals surface area contributed by atoms with Gasteiger partial charge in [-0.15, -0.1) is 0 Å². The van der Waals surface area contributed by atoms with Gasteiger partial charge in [-0.05, 0) is 74.8 Å². The lowest BCUT2D eigenvalue weighted by Crippen LogP contribution is -2.45. The number of hydrogen-bond donors (Lipinski definition) is 3. The Balaban J connectivity index is 1.19. The zero-order valence-electron chi connectivity index (χ0n) is 25.9. The first-order chi connectivity index (χ1) is 21.5. The van der Waals surface area contributed by atoms with E-state index in [4.69, 9.17) is 14.6 Å². The number of unbranched alkanes of at least 4 members (excludes halogenated alkanes) is 2. The molecule has 9 nitrogen and oxygen atoms in total. The number of hydrogen-bond acceptors (Lipinski definition) is 7. The maximum absolute atomic E-state index is 12.2. The van der Waals surface area contributed by atoms with Crippen LogP contribution in [0.1, 0.15) is 98.9 Å². The van der Waals surface area contributed by atoms with Crippen molar-refractivity contribution >= 4 is 11.9 Å². The number of nitrogens with zero attached hydrogens (tertiary/aromatic N) is 2. The molecule has 0 aromatic heterocycles. The predicted molar refractivity (Wildman–Crippen MR) is 168 cm³/mol. The monoisotopic (exact) mass is 607 g/mol. The molecule has 4 atom stereocenters. The highest BCUT2D eigenvalue weighted by molar-refractivity contribution is 5.75. The van der Waals surface area contributed by atoms with Crippen LogP contribution < -0.4 is 5.32 Å². The number of ether oxygens (including phenoxy) is 2. The average Bonchev–Trinajstić information content (AvgIpc) is 3.72. The zero-order chi connectivity index (χ0) is 30.7. The summed E-state index contributed by atoms with van der Waals surface area (Å²) in [6.07, 6.45) is 7.90. The van der Waals surface area contributed by atoms with Gasteiger partial charge in [0.25, 0.3) is 0 Å². The Morgan fingerprint density at radius 1 is 0.818 bits per heavy atom. The normalized spacial score (nSPS) is 24.5. The molecule has 1 amide bonds. The summed E-state index contributed by atoms with van der Waals surface area (Å²) in [5.74, 6) is -0.816. The second-order valence-electron chi connectivity index (χ2n) is 12.6. The van der Waals surface area contributed by atoms with Gasteiger partial charge in [-0.25, -0.2) is 0 Å². The fourth-order valence-electron chi connectivity index (χ4n) is 6.72. The predicted octanol–water partition coefficient (Wildman–Crippen LogP) is 4.94. The van der Waals surface area contributed by atoms with E-state index in [9.17, 15) is 14.7 Å². The molecule has 2 aromatic carbocycles. The topological polar surface area (TPSA) is 112 Å². The first-order valence-electron chi connectivity index (χ1n) is 16.5. The molecule has 3 aliphatic heterocycles. The lowest BCUT2D eigenvalue weighted by molar-refractivity contribution is -0.253. The van der Waals surface area contributed by atoms with Crippen LogP contribution in [0.3, 0.4) is 0 Å². The molecule has 3 aliphatic rings. The van der Waals surface area contributed by atoms with Crippen LogP contribution >= 0.6 is 0 Å². The molecule has 0 unspecified atom stereocenters. The van der Waals surface area contributed by atoms with Gasteiger partial charge in [-0.2, -0.15) is 0 Å². The Morgan fingerprint density at radius 2 is 1.52 bits per heavy atom. The number of aliphatic hydroxyl groups excluding tert-OH is 1. The lowest BCUT2D eigenvalue weighted by Gasteiger charge is -2.39. The minimum Gasteiger partial charge on any atom is -0.481 e. The Morgan fingerprint density at radius 3 is 2.25 bits per heavy atom. The minimum absolute atomic E-state index is 0.0210. The minimum atomic E-state index is -0.794. The van der Waals surface area contributed by atoms with Gasteiger partial charge in [-0.3, -0.25) is 14.5 Å². The largest absolute Gasteiger partial charge is 0.481 e. The van der Waals surface area contributed by atoms with E-state index < -0.39 is 12.3 Å². The number of aliphatic carboxylic acids is 1. The van der Waals surface area contributed by atoms with Crippen molar-refractivity contribution in [3.63, 3.8) is 0 Å². The molecule has 2 aromatic rings. The van der Waals surface area contributed by atoms with E-state index >= 15 is 0 Å². The number of likely N-dealkylation sites (tertiary alicyclic amines) is 2. The van der Waals surface area contributed by atoms with Gasteiger partial charge in [0.15, 0.2) is 6.29 Å². The van der Waals surface area contributed by atoms with Crippen molar-refractivity contribution < 1.29 is 29.3 Å². The molecule has 0 radical (unpaired) electrons. The van der Waals surface area contributed by atoms with Crippen LogP contribution in [0.15, 0.2) is 48.5 Å². The molecule has 3 N–H and O–H groups in total. The van der Waals surface area contributed by atoms with Crippen LogP contribution in [-0.2, 0) is 32.2 Å². The van der Waals surface area contributed by atoms with Gasteiger partial charge < -0.3 is 29.9 Å². The number of carboxylic acids is 1. The lowest BCUT2D eigenvalue weighted by atomic mass is 9.99. The third-order valence-electron chi connectivity index (χ3n) is 9.26. The van der Waals surface area contributed by atoms with Crippen LogP contribution in [0.25, 0.3) is 0 Å². The van der Waals surface area contributed by atoms with Gasteiger partial charge >= 0.3 is 5.97 Å². The fourth-order valence-corrected chi connectivity index (χ4v) is 6.72. The van der Waals surface area contributed by atoms with Crippen molar-refractivity contribution in [1.82, 2.24) is 15.1 Å². The Bertz CT molecular complexity index is 1180. The molecular weight excluding hydrogens is 558 g/mol. The van der Waals surface area contributed by atoms with E-state index in [0.29, 0.717) is 31.8 Å². The summed E-state index contributed by atoms with van der Waals surface area (Å²) in [5, 5.41) is 21.2. The highest BCUT2D eigenvalue weighted by Crippen LogP contribution is 2.39. The third-order valence-corrected chi connectivity index (χ3v) is 9.26. The molecule has 240 valence electrons. The molecule has 3 heterocycles. The van der Waals surface area contributed by atoms with E-state index in [2.05, 4.69) is 27.2 Å². The molecular formula is C35H49N3O6. The molecule has 3 fully saturated rings. The smallest absolute Gasteiger partial charge is 0.303 e. The molecule has 0 spiro atoms. The van der Waals surface area contributed by atoms with Crippen molar-refractivity contribution in [2.24, 2.45) is 0 Å². The van der Waals surface area contributed by atoms with Crippen molar-refractivity contribution in [1.29, 1.82) is 0 Å². The number of nitrogens with one attached hydrogen (secondary N) is 1. The molecule has 0 bridgehead atoms. The number of aliphatic hydroxyl groups is 1. The molecule has 5 rings (SSSR count). The summed E-state index contributed by atoms with van der Waals surface area (Å²) in [6, 6.07) is 16.7. The number of carboxylic acid groups (broad SMARTS) is 1. The Labute approximate surface area is 261 Å². The van der Waals surface area contributed by atoms with Gasteiger partial charge in [0.1, 0.15) is 0 Å². The van der Waals surface area contributed by atoms with Crippen LogP contribution in [0.4, 0.5) is 0 Å². The number of carbonyl (C=O) groups excluding carboxylic acids is 1. The maximum atomic E-state index is 12.2. The van der Waals surface area contributed by atoms with Crippen molar-refractivity contribution in [3.8, 4) is 0 Å². The number of benzene rings is 2. The van der Waals surface area contributed by atoms with Crippen LogP contribution in [0, 0.1) is 0 Å². The van der Waals surface area contributed by atoms with Gasteiger partial charge in [0, 0.05) is 50.5 Å². The number of amides is 1. The summed E-state index contributed by atoms with van der Waals surface area (Å²) in [6.45, 7) is 6.07. The van der Waals surface area contributed by atoms with Gasteiger partial charge in [0.05, 0.1) is 18.8 Å². The summed E-state index contributed by atoms with van der Waals surface area (Å²) in [5.41, 5.74) is 3.93. The van der Waals surface area contributed by atoms with Crippen LogP contribution in [0.5, 0.6) is 0 Å². The number of carbonyl (C=O) groups is 2. The standard InChI is InChI=1S/C35H49N3O6/c39-25-27-12-14-28(15-13-27)32-21-31(24-38-20-6-7-30(38)23-37-18-4-5-19-37)43-35(44-32)29-16-10-26(11-17-29)22-36-33(40)8-2-1-3-9-34(41)42/h10-17,30-32,35,39H,1-9,18-25H2,(H,36,40)(H,41,42)/t30-,31-,32+,35+/m0/s1. The molecule has 44 heavy (non-hydrogen) atoms. The number of rotatable bonds is 15. The Hall–Kier alpha value is -2.82. The summed E-state index contributed by atoms with van der Waals surface area (Å²) in [4.78, 5) is 28.1. The summed E-state index contributed by atoms with van der Waals surface area (Å²) >= 11 is 0. The van der Waals surface area contributed by atoms with Gasteiger partial charge in [0.2, 0.25) is 5.91 Å². The average molecular weight is 608 g/mol. The second kappa shape index (κ2) is 16.5. The highest BCUT2D eigenvalue weighted by Gasteiger charge is 2.36. The van der Waals surface area contributed by atoms with Crippen molar-refractivity contribution in [2.45, 2.75) is 102 Å². The third kappa shape index (κ3) is 9.59. The zero-order valence-corrected chi connectivity index (χ0v) is 25.9. The van der Waals surface area contributed by atoms with E-state index in [1.165, 1.54) is 38.8 Å². The van der Waals surface area contributed by atoms with Crippen molar-refractivity contribution in [3.05, 3.63) is 70.8 Å². The molecule has 9 heteroatoms.